The number of carbonyl (C=O) groups is 2. The Balaban J connectivity index is 2.28. The van der Waals surface area contributed by atoms with Crippen molar-refractivity contribution in [2.24, 2.45) is 5.92 Å². The van der Waals surface area contributed by atoms with Crippen LogP contribution in [0.1, 0.15) is 17.9 Å². The van der Waals surface area contributed by atoms with Crippen molar-refractivity contribution >= 4 is 40.8 Å². The van der Waals surface area contributed by atoms with E-state index < -0.39 is 35.9 Å². The van der Waals surface area contributed by atoms with Crippen molar-refractivity contribution in [3.8, 4) is 0 Å². The average molecular weight is 380 g/mol. The number of hydrogen-bond donors (Lipinski definition) is 1. The predicted octanol–water partition coefficient (Wildman–Crippen LogP) is 4.02. The van der Waals surface area contributed by atoms with Crippen LogP contribution in [0.4, 0.5) is 18.9 Å². The lowest BCUT2D eigenvalue weighted by Crippen LogP contribution is -2.57. The Bertz CT molecular complexity index is 763. The molecule has 1 amide bonds. The highest BCUT2D eigenvalue weighted by atomic mass is 35.5. The summed E-state index contributed by atoms with van der Waals surface area (Å²) in [5.41, 5.74) is 0.0740. The van der Waals surface area contributed by atoms with Crippen LogP contribution in [0.5, 0.6) is 0 Å². The molecule has 0 fully saturated rings. The largest absolute Gasteiger partial charge is 0.480 e. The molecule has 0 aromatic heterocycles. The van der Waals surface area contributed by atoms with Crippen LogP contribution in [0, 0.1) is 5.92 Å². The molecule has 3 atom stereocenters. The van der Waals surface area contributed by atoms with E-state index in [1.165, 1.54) is 12.1 Å². The lowest BCUT2D eigenvalue weighted by molar-refractivity contribution is -0.172. The third kappa shape index (κ3) is 2.56. The molecule has 0 saturated heterocycles. The average Bonchev–Trinajstić information content (AvgIpc) is 2.92. The van der Waals surface area contributed by atoms with Crippen LogP contribution in [0.25, 0.3) is 0 Å². The maximum absolute atomic E-state index is 13.1. The number of carbonyl (C=O) groups excluding carboxylic acids is 1. The van der Waals surface area contributed by atoms with Crippen LogP contribution < -0.4 is 4.90 Å². The number of amides is 1. The maximum atomic E-state index is 13.1. The van der Waals surface area contributed by atoms with E-state index in [1.807, 2.05) is 0 Å². The van der Waals surface area contributed by atoms with Crippen molar-refractivity contribution in [2.75, 3.05) is 4.90 Å². The molecule has 1 N–H and O–H groups in total. The first-order valence-corrected chi connectivity index (χ1v) is 7.67. The number of alkyl halides is 3. The molecular weight excluding hydrogens is 370 g/mol. The molecule has 24 heavy (non-hydrogen) atoms. The van der Waals surface area contributed by atoms with Crippen molar-refractivity contribution in [3.63, 3.8) is 0 Å². The number of carboxylic acid groups (broad SMARTS) is 1. The number of allylic oxidation sites excluding steroid dienone is 2. The van der Waals surface area contributed by atoms with E-state index in [9.17, 15) is 27.9 Å². The third-order valence-corrected chi connectivity index (χ3v) is 4.77. The lowest BCUT2D eigenvalue weighted by Gasteiger charge is -2.42. The molecule has 4 nitrogen and oxygen atoms in total. The molecule has 2 aliphatic rings. The Hall–Kier alpha value is -1.73. The van der Waals surface area contributed by atoms with Crippen LogP contribution in [0.15, 0.2) is 24.3 Å². The predicted molar refractivity (Wildman–Crippen MR) is 81.4 cm³/mol. The van der Waals surface area contributed by atoms with Gasteiger partial charge in [0.05, 0.1) is 10.7 Å². The molecule has 1 aromatic carbocycles. The molecule has 128 valence electrons. The molecule has 0 unspecified atom stereocenters. The molecule has 0 spiro atoms. The fourth-order valence-corrected chi connectivity index (χ4v) is 4.01. The van der Waals surface area contributed by atoms with E-state index in [0.717, 1.165) is 0 Å². The zero-order valence-electron chi connectivity index (χ0n) is 11.8. The van der Waals surface area contributed by atoms with Gasteiger partial charge >= 0.3 is 18.1 Å². The second-order valence-electron chi connectivity index (χ2n) is 5.63. The smallest absolute Gasteiger partial charge is 0.471 e. The molecule has 9 heteroatoms. The number of nitrogens with zero attached hydrogens (tertiary/aromatic N) is 1. The summed E-state index contributed by atoms with van der Waals surface area (Å²) in [6.45, 7) is 0. The fraction of sp³-hybridized carbons (Fsp3) is 0.333. The number of fused-ring (bicyclic) bond motifs is 3. The second kappa shape index (κ2) is 5.67. The van der Waals surface area contributed by atoms with Crippen LogP contribution in [-0.4, -0.2) is 29.2 Å². The van der Waals surface area contributed by atoms with Gasteiger partial charge in [-0.05, 0) is 24.1 Å². The summed E-state index contributed by atoms with van der Waals surface area (Å²) in [5, 5.41) is 9.49. The summed E-state index contributed by atoms with van der Waals surface area (Å²) < 4.78 is 39.2. The third-order valence-electron chi connectivity index (χ3n) is 4.27. The van der Waals surface area contributed by atoms with Gasteiger partial charge in [-0.2, -0.15) is 13.2 Å². The highest BCUT2D eigenvalue weighted by Crippen LogP contribution is 2.51. The quantitative estimate of drug-likeness (QED) is 0.749. The number of carboxylic acids is 1. The number of anilines is 1. The SMILES string of the molecule is O=C(O)[C@H]1[C@H]2CC=C[C@H]2c2cc(Cl)cc(Cl)c2N1C(=O)C(F)(F)F. The van der Waals surface area contributed by atoms with Gasteiger partial charge in [0.15, 0.2) is 0 Å². The normalized spacial score (nSPS) is 25.4. The minimum Gasteiger partial charge on any atom is -0.480 e. The molecule has 1 heterocycles. The number of aliphatic carboxylic acids is 1. The van der Waals surface area contributed by atoms with Gasteiger partial charge in [0.2, 0.25) is 0 Å². The molecule has 0 radical (unpaired) electrons. The van der Waals surface area contributed by atoms with Crippen LogP contribution in [0.2, 0.25) is 10.0 Å². The van der Waals surface area contributed by atoms with Crippen molar-refractivity contribution < 1.29 is 27.9 Å². The summed E-state index contributed by atoms with van der Waals surface area (Å²) in [5.74, 6) is -4.95. The Morgan fingerprint density at radius 2 is 1.92 bits per heavy atom. The maximum Gasteiger partial charge on any atom is 0.471 e. The van der Waals surface area contributed by atoms with Gasteiger partial charge in [0.1, 0.15) is 6.04 Å². The van der Waals surface area contributed by atoms with Gasteiger partial charge in [0, 0.05) is 16.9 Å². The molecule has 0 saturated carbocycles. The summed E-state index contributed by atoms with van der Waals surface area (Å²) in [6.07, 6.45) is -1.59. The zero-order chi connectivity index (χ0) is 17.8. The first-order valence-electron chi connectivity index (χ1n) is 6.91. The van der Waals surface area contributed by atoms with Gasteiger partial charge in [-0.1, -0.05) is 35.4 Å². The Morgan fingerprint density at radius 3 is 2.50 bits per heavy atom. The zero-order valence-corrected chi connectivity index (χ0v) is 13.4. The van der Waals surface area contributed by atoms with E-state index in [2.05, 4.69) is 0 Å². The highest BCUT2D eigenvalue weighted by molar-refractivity contribution is 6.37. The minimum absolute atomic E-state index is 0.194. The van der Waals surface area contributed by atoms with Crippen molar-refractivity contribution in [2.45, 2.75) is 24.6 Å². The van der Waals surface area contributed by atoms with Crippen LogP contribution >= 0.6 is 23.2 Å². The van der Waals surface area contributed by atoms with Crippen molar-refractivity contribution in [1.29, 1.82) is 0 Å². The van der Waals surface area contributed by atoms with Gasteiger partial charge < -0.3 is 5.11 Å². The highest BCUT2D eigenvalue weighted by Gasteiger charge is 2.54. The second-order valence-corrected chi connectivity index (χ2v) is 6.48. The minimum atomic E-state index is -5.23. The number of hydrogen-bond acceptors (Lipinski definition) is 2. The number of rotatable bonds is 1. The van der Waals surface area contributed by atoms with Gasteiger partial charge in [-0.25, -0.2) is 4.79 Å². The summed E-state index contributed by atoms with van der Waals surface area (Å²) in [6, 6.07) is 0.951. The molecular formula is C15H10Cl2F3NO3. The number of halogens is 5. The molecule has 1 aliphatic heterocycles. The Labute approximate surface area is 144 Å². The first kappa shape index (κ1) is 17.1. The lowest BCUT2D eigenvalue weighted by atomic mass is 9.78. The van der Waals surface area contributed by atoms with E-state index in [-0.39, 0.29) is 27.1 Å². The van der Waals surface area contributed by atoms with Crippen molar-refractivity contribution in [3.05, 3.63) is 39.9 Å². The molecule has 1 aromatic rings. The Kier molecular flexibility index (Phi) is 4.04. The summed E-state index contributed by atoms with van der Waals surface area (Å²) in [7, 11) is 0. The van der Waals surface area contributed by atoms with E-state index in [0.29, 0.717) is 5.56 Å². The van der Waals surface area contributed by atoms with Crippen LogP contribution in [0.3, 0.4) is 0 Å². The first-order chi connectivity index (χ1) is 11.1. The Morgan fingerprint density at radius 1 is 1.25 bits per heavy atom. The molecule has 1 aliphatic carbocycles. The fourth-order valence-electron chi connectivity index (χ4n) is 3.41. The van der Waals surface area contributed by atoms with Gasteiger partial charge in [-0.3, -0.25) is 9.69 Å². The van der Waals surface area contributed by atoms with E-state index >= 15 is 0 Å². The van der Waals surface area contributed by atoms with Crippen molar-refractivity contribution in [1.82, 2.24) is 0 Å². The summed E-state index contributed by atoms with van der Waals surface area (Å²) >= 11 is 12.0. The molecule has 3 rings (SSSR count). The van der Waals surface area contributed by atoms with Gasteiger partial charge in [-0.15, -0.1) is 0 Å². The van der Waals surface area contributed by atoms with Gasteiger partial charge in [0.25, 0.3) is 0 Å². The standard InChI is InChI=1S/C15H10Cl2F3NO3/c16-6-4-9-7-2-1-3-8(7)12(13(22)23)21(11(9)10(17)5-6)14(24)15(18,19)20/h1-2,4-5,7-8,12H,3H2,(H,22,23)/t7-,8+,12-/m1/s1. The molecule has 0 bridgehead atoms. The van der Waals surface area contributed by atoms with E-state index in [4.69, 9.17) is 23.2 Å². The topological polar surface area (TPSA) is 57.6 Å². The van der Waals surface area contributed by atoms with E-state index in [1.54, 1.807) is 12.2 Å². The number of benzene rings is 1. The summed E-state index contributed by atoms with van der Waals surface area (Å²) in [4.78, 5) is 23.9. The monoisotopic (exact) mass is 379 g/mol. The van der Waals surface area contributed by atoms with Crippen LogP contribution in [-0.2, 0) is 9.59 Å².